The number of imidazole rings is 1. The number of amides is 1. The van der Waals surface area contributed by atoms with Gasteiger partial charge in [0.2, 0.25) is 0 Å². The van der Waals surface area contributed by atoms with E-state index in [2.05, 4.69) is 10.3 Å². The molecule has 1 atom stereocenters. The van der Waals surface area contributed by atoms with Gasteiger partial charge in [-0.3, -0.25) is 9.20 Å². The maximum atomic E-state index is 13.6. The Morgan fingerprint density at radius 3 is 2.86 bits per heavy atom. The summed E-state index contributed by atoms with van der Waals surface area (Å²) in [4.78, 5) is 21.8. The number of nitrogens with zero attached hydrogens (tertiary/aromatic N) is 3. The van der Waals surface area contributed by atoms with E-state index in [0.717, 1.165) is 53.7 Å². The molecule has 4 aromatic rings. The van der Waals surface area contributed by atoms with Gasteiger partial charge < -0.3 is 20.5 Å². The number of ether oxygens (including phenoxy) is 2. The molecular formula is C26H26FN5O3. The topological polar surface area (TPSA) is 104 Å². The van der Waals surface area contributed by atoms with Gasteiger partial charge in [0.15, 0.2) is 0 Å². The molecule has 3 N–H and O–H groups in total. The van der Waals surface area contributed by atoms with E-state index in [0.29, 0.717) is 18.2 Å². The Labute approximate surface area is 201 Å². The van der Waals surface area contributed by atoms with Crippen molar-refractivity contribution in [3.05, 3.63) is 77.6 Å². The average molecular weight is 476 g/mol. The number of nitrogens with two attached hydrogens (primary N) is 1. The summed E-state index contributed by atoms with van der Waals surface area (Å²) in [7, 11) is 1.44. The summed E-state index contributed by atoms with van der Waals surface area (Å²) in [6.45, 7) is 1.69. The number of nitrogen functional groups attached to an aromatic ring is 1. The SMILES string of the molecule is COc1ccc(F)cc1C(=O)NCc1ccc(-c2nc(C3CCCOC3)n3ccnc(N)c23)cc1. The van der Waals surface area contributed by atoms with E-state index in [1.54, 1.807) is 6.20 Å². The standard InChI is InChI=1S/C26H26FN5O3/c1-34-21-9-8-19(27)13-20(21)26(33)30-14-16-4-6-17(7-5-16)22-23-24(28)29-10-11-32(23)25(31-22)18-3-2-12-35-15-18/h4-11,13,18H,2-3,12,14-15H2,1H3,(H2,28,29)(H,30,33). The van der Waals surface area contributed by atoms with Crippen LogP contribution in [0.25, 0.3) is 16.8 Å². The Balaban J connectivity index is 1.38. The highest BCUT2D eigenvalue weighted by atomic mass is 19.1. The fraction of sp³-hybridized carbons (Fsp3) is 0.269. The highest BCUT2D eigenvalue weighted by molar-refractivity contribution is 5.97. The Morgan fingerprint density at radius 2 is 2.11 bits per heavy atom. The molecule has 0 aliphatic carbocycles. The largest absolute Gasteiger partial charge is 0.496 e. The lowest BCUT2D eigenvalue weighted by Crippen LogP contribution is -2.23. The molecule has 1 aliphatic heterocycles. The van der Waals surface area contributed by atoms with Crippen LogP contribution in [0.2, 0.25) is 0 Å². The van der Waals surface area contributed by atoms with Gasteiger partial charge in [-0.2, -0.15) is 0 Å². The fourth-order valence-electron chi connectivity index (χ4n) is 4.44. The molecule has 5 rings (SSSR count). The number of fused-ring (bicyclic) bond motifs is 1. The first-order valence-corrected chi connectivity index (χ1v) is 11.5. The van der Waals surface area contributed by atoms with Crippen LogP contribution in [0.3, 0.4) is 0 Å². The molecule has 180 valence electrons. The molecule has 1 aliphatic rings. The predicted molar refractivity (Wildman–Crippen MR) is 130 cm³/mol. The highest BCUT2D eigenvalue weighted by Gasteiger charge is 2.24. The van der Waals surface area contributed by atoms with Gasteiger partial charge in [-0.15, -0.1) is 0 Å². The van der Waals surface area contributed by atoms with Crippen molar-refractivity contribution in [3.63, 3.8) is 0 Å². The number of carbonyl (C=O) groups excluding carboxylic acids is 1. The zero-order valence-electron chi connectivity index (χ0n) is 19.3. The first-order valence-electron chi connectivity index (χ1n) is 11.5. The van der Waals surface area contributed by atoms with Crippen LogP contribution in [0.4, 0.5) is 10.2 Å². The number of halogens is 1. The van der Waals surface area contributed by atoms with E-state index in [4.69, 9.17) is 20.2 Å². The predicted octanol–water partition coefficient (Wildman–Crippen LogP) is 3.95. The van der Waals surface area contributed by atoms with Crippen molar-refractivity contribution < 1.29 is 18.7 Å². The Bertz CT molecular complexity index is 1360. The van der Waals surface area contributed by atoms with Gasteiger partial charge in [-0.25, -0.2) is 14.4 Å². The summed E-state index contributed by atoms with van der Waals surface area (Å²) in [5.74, 6) is 0.934. The van der Waals surface area contributed by atoms with Gasteiger partial charge >= 0.3 is 0 Å². The van der Waals surface area contributed by atoms with Gasteiger partial charge in [-0.05, 0) is 36.6 Å². The molecule has 0 radical (unpaired) electrons. The molecule has 0 saturated carbocycles. The molecule has 1 saturated heterocycles. The maximum absolute atomic E-state index is 13.6. The fourth-order valence-corrected chi connectivity index (χ4v) is 4.44. The molecular weight excluding hydrogens is 449 g/mol. The number of carbonyl (C=O) groups is 1. The third kappa shape index (κ3) is 4.54. The zero-order chi connectivity index (χ0) is 24.4. The summed E-state index contributed by atoms with van der Waals surface area (Å²) in [5, 5.41) is 2.81. The first kappa shape index (κ1) is 22.8. The maximum Gasteiger partial charge on any atom is 0.255 e. The lowest BCUT2D eigenvalue weighted by molar-refractivity contribution is 0.0779. The van der Waals surface area contributed by atoms with Crippen molar-refractivity contribution in [3.8, 4) is 17.0 Å². The number of aromatic nitrogens is 3. The van der Waals surface area contributed by atoms with Crippen molar-refractivity contribution in [1.82, 2.24) is 19.7 Å². The van der Waals surface area contributed by atoms with Crippen LogP contribution < -0.4 is 15.8 Å². The molecule has 1 amide bonds. The molecule has 1 fully saturated rings. The van der Waals surface area contributed by atoms with E-state index in [1.165, 1.54) is 19.2 Å². The number of nitrogens with one attached hydrogen (secondary N) is 1. The van der Waals surface area contributed by atoms with Crippen molar-refractivity contribution in [2.75, 3.05) is 26.1 Å². The van der Waals surface area contributed by atoms with Crippen molar-refractivity contribution >= 4 is 17.2 Å². The molecule has 8 nitrogen and oxygen atoms in total. The second-order valence-electron chi connectivity index (χ2n) is 8.49. The minimum Gasteiger partial charge on any atom is -0.496 e. The van der Waals surface area contributed by atoms with Gasteiger partial charge in [0.25, 0.3) is 5.91 Å². The van der Waals surface area contributed by atoms with E-state index in [1.807, 2.05) is 34.9 Å². The van der Waals surface area contributed by atoms with Crippen molar-refractivity contribution in [2.45, 2.75) is 25.3 Å². The second kappa shape index (κ2) is 9.71. The van der Waals surface area contributed by atoms with Crippen LogP contribution in [0.15, 0.2) is 54.9 Å². The van der Waals surface area contributed by atoms with Gasteiger partial charge in [-0.1, -0.05) is 24.3 Å². The van der Waals surface area contributed by atoms with Gasteiger partial charge in [0.1, 0.15) is 34.4 Å². The number of hydrogen-bond donors (Lipinski definition) is 2. The average Bonchev–Trinajstić information content (AvgIpc) is 3.29. The van der Waals surface area contributed by atoms with Crippen molar-refractivity contribution in [1.29, 1.82) is 0 Å². The quantitative estimate of drug-likeness (QED) is 0.438. The van der Waals surface area contributed by atoms with E-state index < -0.39 is 11.7 Å². The summed E-state index contributed by atoms with van der Waals surface area (Å²) in [6, 6.07) is 11.6. The van der Waals surface area contributed by atoms with Crippen LogP contribution in [-0.2, 0) is 11.3 Å². The van der Waals surface area contributed by atoms with Crippen LogP contribution in [0, 0.1) is 5.82 Å². The van der Waals surface area contributed by atoms with Crippen LogP contribution in [-0.4, -0.2) is 40.6 Å². The molecule has 1 unspecified atom stereocenters. The second-order valence-corrected chi connectivity index (χ2v) is 8.49. The Kier molecular flexibility index (Phi) is 6.33. The summed E-state index contributed by atoms with van der Waals surface area (Å²) >= 11 is 0. The molecule has 0 spiro atoms. The van der Waals surface area contributed by atoms with Crippen LogP contribution in [0.1, 0.15) is 40.5 Å². The number of benzene rings is 2. The first-order chi connectivity index (χ1) is 17.0. The molecule has 35 heavy (non-hydrogen) atoms. The summed E-state index contributed by atoms with van der Waals surface area (Å²) in [5.41, 5.74) is 9.71. The molecule has 0 bridgehead atoms. The monoisotopic (exact) mass is 475 g/mol. The molecule has 9 heteroatoms. The third-order valence-electron chi connectivity index (χ3n) is 6.22. The third-order valence-corrected chi connectivity index (χ3v) is 6.22. The van der Waals surface area contributed by atoms with E-state index in [-0.39, 0.29) is 18.0 Å². The van der Waals surface area contributed by atoms with E-state index >= 15 is 0 Å². The summed E-state index contributed by atoms with van der Waals surface area (Å²) < 4.78 is 26.5. The highest BCUT2D eigenvalue weighted by Crippen LogP contribution is 2.33. The van der Waals surface area contributed by atoms with Gasteiger partial charge in [0.05, 0.1) is 19.3 Å². The smallest absolute Gasteiger partial charge is 0.255 e. The lowest BCUT2D eigenvalue weighted by Gasteiger charge is -2.20. The lowest BCUT2D eigenvalue weighted by atomic mass is 10.0. The van der Waals surface area contributed by atoms with Crippen molar-refractivity contribution in [2.24, 2.45) is 0 Å². The normalized spacial score (nSPS) is 15.8. The Hall–Kier alpha value is -3.98. The minimum absolute atomic E-state index is 0.149. The minimum atomic E-state index is -0.500. The number of anilines is 1. The van der Waals surface area contributed by atoms with E-state index in [9.17, 15) is 9.18 Å². The molecule has 3 heterocycles. The number of rotatable bonds is 6. The zero-order valence-corrected chi connectivity index (χ0v) is 19.3. The summed E-state index contributed by atoms with van der Waals surface area (Å²) in [6.07, 6.45) is 5.57. The van der Waals surface area contributed by atoms with Crippen LogP contribution in [0.5, 0.6) is 5.75 Å². The van der Waals surface area contributed by atoms with Crippen LogP contribution >= 0.6 is 0 Å². The Morgan fingerprint density at radius 1 is 1.29 bits per heavy atom. The number of hydrogen-bond acceptors (Lipinski definition) is 6. The van der Waals surface area contributed by atoms with Gasteiger partial charge in [0, 0.05) is 37.0 Å². The molecule has 2 aromatic carbocycles. The number of methoxy groups -OCH3 is 1. The molecule has 2 aromatic heterocycles.